The number of amides is 1. The first kappa shape index (κ1) is 19.1. The molecule has 1 unspecified atom stereocenters. The van der Waals surface area contributed by atoms with Crippen LogP contribution in [0.5, 0.6) is 0 Å². The van der Waals surface area contributed by atoms with Gasteiger partial charge in [0.05, 0.1) is 17.7 Å². The van der Waals surface area contributed by atoms with E-state index in [1.54, 1.807) is 13.0 Å². The fourth-order valence-electron chi connectivity index (χ4n) is 3.33. The molecule has 0 spiro atoms. The van der Waals surface area contributed by atoms with Gasteiger partial charge in [-0.1, -0.05) is 25.5 Å². The summed E-state index contributed by atoms with van der Waals surface area (Å²) < 4.78 is 5.99. The fourth-order valence-corrected chi connectivity index (χ4v) is 5.14. The average Bonchev–Trinajstić information content (AvgIpc) is 2.98. The van der Waals surface area contributed by atoms with E-state index in [0.717, 1.165) is 35.7 Å². The van der Waals surface area contributed by atoms with E-state index in [0.29, 0.717) is 28.7 Å². The lowest BCUT2D eigenvalue weighted by molar-refractivity contribution is 0.0526. The van der Waals surface area contributed by atoms with Gasteiger partial charge in [0.2, 0.25) is 0 Å². The number of nitrogens with one attached hydrogen (secondary N) is 1. The van der Waals surface area contributed by atoms with Gasteiger partial charge in [0.15, 0.2) is 0 Å². The standard InChI is InChI=1S/C20H22BrNO3S/c1-3-12-9-10-14-16(11-12)26-19(17(14)20(24)25-4-2)22-18(23)13-7-5-6-8-15(13)21/h5-8,12H,3-4,9-11H2,1-2H3,(H,22,23). The van der Waals surface area contributed by atoms with Gasteiger partial charge < -0.3 is 10.1 Å². The zero-order chi connectivity index (χ0) is 18.7. The Morgan fingerprint density at radius 2 is 2.08 bits per heavy atom. The summed E-state index contributed by atoms with van der Waals surface area (Å²) in [6, 6.07) is 7.26. The van der Waals surface area contributed by atoms with E-state index in [1.807, 2.05) is 18.2 Å². The SMILES string of the molecule is CCOC(=O)c1c(NC(=O)c2ccccc2Br)sc2c1CCC(CC)C2. The Bertz CT molecular complexity index is 830. The molecule has 6 heteroatoms. The zero-order valence-corrected chi connectivity index (χ0v) is 17.3. The molecule has 0 saturated heterocycles. The first-order valence-corrected chi connectivity index (χ1v) is 10.5. The molecule has 2 aromatic rings. The maximum Gasteiger partial charge on any atom is 0.341 e. The number of thiophene rings is 1. The second kappa shape index (κ2) is 8.35. The quantitative estimate of drug-likeness (QED) is 0.634. The second-order valence-electron chi connectivity index (χ2n) is 6.38. The van der Waals surface area contributed by atoms with Crippen LogP contribution in [0.3, 0.4) is 0 Å². The normalized spacial score (nSPS) is 16.0. The molecule has 26 heavy (non-hydrogen) atoms. The molecule has 1 aromatic heterocycles. The number of carbonyl (C=O) groups excluding carboxylic acids is 2. The van der Waals surface area contributed by atoms with Crippen LogP contribution in [0.4, 0.5) is 5.00 Å². The van der Waals surface area contributed by atoms with Crippen molar-refractivity contribution in [2.24, 2.45) is 5.92 Å². The highest BCUT2D eigenvalue weighted by Crippen LogP contribution is 2.41. The van der Waals surface area contributed by atoms with Gasteiger partial charge in [-0.3, -0.25) is 4.79 Å². The zero-order valence-electron chi connectivity index (χ0n) is 14.9. The number of hydrogen-bond donors (Lipinski definition) is 1. The number of benzene rings is 1. The maximum atomic E-state index is 12.7. The number of halogens is 1. The highest BCUT2D eigenvalue weighted by atomic mass is 79.9. The molecule has 1 atom stereocenters. The number of anilines is 1. The van der Waals surface area contributed by atoms with E-state index in [1.165, 1.54) is 16.2 Å². The van der Waals surface area contributed by atoms with E-state index in [2.05, 4.69) is 28.2 Å². The van der Waals surface area contributed by atoms with Crippen LogP contribution in [0.1, 0.15) is 57.8 Å². The molecule has 1 aliphatic rings. The van der Waals surface area contributed by atoms with E-state index >= 15 is 0 Å². The third kappa shape index (κ3) is 3.86. The molecule has 0 aliphatic heterocycles. The highest BCUT2D eigenvalue weighted by molar-refractivity contribution is 9.10. The van der Waals surface area contributed by atoms with Gasteiger partial charge in [-0.15, -0.1) is 11.3 Å². The van der Waals surface area contributed by atoms with Crippen LogP contribution in [-0.4, -0.2) is 18.5 Å². The van der Waals surface area contributed by atoms with Crippen molar-refractivity contribution in [3.8, 4) is 0 Å². The first-order chi connectivity index (χ1) is 12.5. The Hall–Kier alpha value is -1.66. The summed E-state index contributed by atoms with van der Waals surface area (Å²) in [5.74, 6) is 0.0686. The van der Waals surface area contributed by atoms with Crippen molar-refractivity contribution in [2.45, 2.75) is 39.5 Å². The number of esters is 1. The van der Waals surface area contributed by atoms with Crippen LogP contribution >= 0.6 is 27.3 Å². The largest absolute Gasteiger partial charge is 0.462 e. The molecule has 1 heterocycles. The molecule has 1 N–H and O–H groups in total. The van der Waals surface area contributed by atoms with Crippen LogP contribution in [0.15, 0.2) is 28.7 Å². The van der Waals surface area contributed by atoms with Crippen LogP contribution in [0.2, 0.25) is 0 Å². The molecule has 4 nitrogen and oxygen atoms in total. The third-order valence-corrected chi connectivity index (χ3v) is 6.63. The predicted octanol–water partition coefficient (Wildman–Crippen LogP) is 5.45. The molecule has 0 fully saturated rings. The lowest BCUT2D eigenvalue weighted by Gasteiger charge is -2.20. The Balaban J connectivity index is 1.95. The average molecular weight is 436 g/mol. The lowest BCUT2D eigenvalue weighted by Crippen LogP contribution is -2.17. The molecular formula is C20H22BrNO3S. The Labute approximate surface area is 166 Å². The maximum absolute atomic E-state index is 12.7. The summed E-state index contributed by atoms with van der Waals surface area (Å²) in [6.45, 7) is 4.31. The number of ether oxygens (including phenoxy) is 1. The fraction of sp³-hybridized carbons (Fsp3) is 0.400. The van der Waals surface area contributed by atoms with E-state index in [4.69, 9.17) is 4.74 Å². The lowest BCUT2D eigenvalue weighted by atomic mass is 9.85. The van der Waals surface area contributed by atoms with Crippen LogP contribution in [0, 0.1) is 5.92 Å². The number of rotatable bonds is 5. The number of fused-ring (bicyclic) bond motifs is 1. The molecule has 138 valence electrons. The molecular weight excluding hydrogens is 414 g/mol. The van der Waals surface area contributed by atoms with Gasteiger partial charge in [0.25, 0.3) is 5.91 Å². The van der Waals surface area contributed by atoms with Gasteiger partial charge >= 0.3 is 5.97 Å². The van der Waals surface area contributed by atoms with Crippen LogP contribution < -0.4 is 5.32 Å². The number of carbonyl (C=O) groups is 2. The third-order valence-electron chi connectivity index (χ3n) is 4.77. The monoisotopic (exact) mass is 435 g/mol. The van der Waals surface area contributed by atoms with E-state index in [9.17, 15) is 9.59 Å². The predicted molar refractivity (Wildman–Crippen MR) is 108 cm³/mol. The summed E-state index contributed by atoms with van der Waals surface area (Å²) >= 11 is 4.92. The summed E-state index contributed by atoms with van der Waals surface area (Å²) in [5, 5.41) is 3.55. The van der Waals surface area contributed by atoms with Crippen LogP contribution in [-0.2, 0) is 17.6 Å². The van der Waals surface area contributed by atoms with Crippen molar-refractivity contribution in [2.75, 3.05) is 11.9 Å². The van der Waals surface area contributed by atoms with Crippen molar-refractivity contribution in [3.05, 3.63) is 50.3 Å². The molecule has 1 aromatic carbocycles. The van der Waals surface area contributed by atoms with Crippen molar-refractivity contribution in [3.63, 3.8) is 0 Å². The highest BCUT2D eigenvalue weighted by Gasteiger charge is 2.30. The smallest absolute Gasteiger partial charge is 0.341 e. The van der Waals surface area contributed by atoms with Gasteiger partial charge in [-0.25, -0.2) is 4.79 Å². The minimum absolute atomic E-state index is 0.228. The molecule has 0 saturated carbocycles. The molecule has 0 bridgehead atoms. The number of hydrogen-bond acceptors (Lipinski definition) is 4. The van der Waals surface area contributed by atoms with Gasteiger partial charge in [0, 0.05) is 9.35 Å². The Kier molecular flexibility index (Phi) is 6.14. The second-order valence-corrected chi connectivity index (χ2v) is 8.34. The topological polar surface area (TPSA) is 55.4 Å². The summed E-state index contributed by atoms with van der Waals surface area (Å²) in [5.41, 5.74) is 2.14. The Morgan fingerprint density at radius 3 is 2.77 bits per heavy atom. The summed E-state index contributed by atoms with van der Waals surface area (Å²) in [4.78, 5) is 26.5. The minimum Gasteiger partial charge on any atom is -0.462 e. The van der Waals surface area contributed by atoms with Crippen molar-refractivity contribution in [1.82, 2.24) is 0 Å². The van der Waals surface area contributed by atoms with Crippen LogP contribution in [0.25, 0.3) is 0 Å². The van der Waals surface area contributed by atoms with Gasteiger partial charge in [-0.2, -0.15) is 0 Å². The van der Waals surface area contributed by atoms with E-state index < -0.39 is 0 Å². The van der Waals surface area contributed by atoms with Crippen molar-refractivity contribution in [1.29, 1.82) is 0 Å². The molecule has 0 radical (unpaired) electrons. The minimum atomic E-state index is -0.345. The van der Waals surface area contributed by atoms with Gasteiger partial charge in [-0.05, 0) is 65.7 Å². The molecule has 3 rings (SSSR count). The van der Waals surface area contributed by atoms with Crippen molar-refractivity contribution < 1.29 is 14.3 Å². The van der Waals surface area contributed by atoms with E-state index in [-0.39, 0.29) is 11.9 Å². The summed E-state index contributed by atoms with van der Waals surface area (Å²) in [7, 11) is 0. The van der Waals surface area contributed by atoms with Gasteiger partial charge in [0.1, 0.15) is 5.00 Å². The Morgan fingerprint density at radius 1 is 1.31 bits per heavy atom. The summed E-state index contributed by atoms with van der Waals surface area (Å²) in [6.07, 6.45) is 4.03. The first-order valence-electron chi connectivity index (χ1n) is 8.92. The molecule has 1 amide bonds. The van der Waals surface area contributed by atoms with Crippen molar-refractivity contribution >= 4 is 44.1 Å². The molecule has 1 aliphatic carbocycles.